The fourth-order valence-electron chi connectivity index (χ4n) is 1.03. The molecule has 1 aromatic carbocycles. The van der Waals surface area contributed by atoms with Gasteiger partial charge in [0.15, 0.2) is 0 Å². The van der Waals surface area contributed by atoms with Crippen molar-refractivity contribution < 1.29 is 0 Å². The van der Waals surface area contributed by atoms with Gasteiger partial charge in [-0.25, -0.2) is 0 Å². The topological polar surface area (TPSA) is 12.9 Å². The van der Waals surface area contributed by atoms with Gasteiger partial charge < -0.3 is 0 Å². The first kappa shape index (κ1) is 13.4. The molecule has 0 aliphatic rings. The molecular formula is C14H19N. The van der Waals surface area contributed by atoms with E-state index in [9.17, 15) is 0 Å². The molecule has 0 unspecified atom stereocenters. The van der Waals surface area contributed by atoms with Gasteiger partial charge in [-0.15, -0.1) is 6.58 Å². The van der Waals surface area contributed by atoms with E-state index in [0.29, 0.717) is 0 Å². The normalized spacial score (nSPS) is 7.93. The lowest BCUT2D eigenvalue weighted by Gasteiger charge is -1.91. The minimum Gasteiger partial charge on any atom is -0.264 e. The first-order chi connectivity index (χ1) is 7.38. The summed E-state index contributed by atoms with van der Waals surface area (Å²) < 4.78 is 0. The van der Waals surface area contributed by atoms with Gasteiger partial charge in [-0.05, 0) is 23.8 Å². The van der Waals surface area contributed by atoms with Crippen LogP contribution in [0.15, 0.2) is 55.4 Å². The highest BCUT2D eigenvalue weighted by molar-refractivity contribution is 5.80. The van der Waals surface area contributed by atoms with Crippen LogP contribution in [-0.4, -0.2) is 4.98 Å². The summed E-state index contributed by atoms with van der Waals surface area (Å²) >= 11 is 0. The molecule has 2 rings (SSSR count). The van der Waals surface area contributed by atoms with E-state index in [1.54, 1.807) is 6.08 Å². The Morgan fingerprint density at radius 1 is 1.07 bits per heavy atom. The van der Waals surface area contributed by atoms with Crippen LogP contribution in [-0.2, 0) is 0 Å². The summed E-state index contributed by atoms with van der Waals surface area (Å²) in [4.78, 5) is 4.01. The van der Waals surface area contributed by atoms with Crippen molar-refractivity contribution in [3.8, 4) is 0 Å². The van der Waals surface area contributed by atoms with Gasteiger partial charge in [0.2, 0.25) is 0 Å². The molecule has 15 heavy (non-hydrogen) atoms. The molecular weight excluding hydrogens is 182 g/mol. The van der Waals surface area contributed by atoms with Gasteiger partial charge in [0.1, 0.15) is 0 Å². The lowest BCUT2D eigenvalue weighted by Crippen LogP contribution is -1.71. The van der Waals surface area contributed by atoms with Crippen LogP contribution in [0.2, 0.25) is 0 Å². The molecule has 0 aliphatic heterocycles. The van der Waals surface area contributed by atoms with Crippen molar-refractivity contribution in [1.82, 2.24) is 4.98 Å². The first-order valence-electron chi connectivity index (χ1n) is 5.24. The van der Waals surface area contributed by atoms with E-state index in [-0.39, 0.29) is 0 Å². The van der Waals surface area contributed by atoms with Crippen molar-refractivity contribution in [2.45, 2.75) is 20.8 Å². The Morgan fingerprint density at radius 3 is 2.13 bits per heavy atom. The molecule has 0 fully saturated rings. The Hall–Kier alpha value is -1.63. The van der Waals surface area contributed by atoms with Crippen molar-refractivity contribution in [1.29, 1.82) is 0 Å². The van der Waals surface area contributed by atoms with E-state index in [0.717, 1.165) is 0 Å². The summed E-state index contributed by atoms with van der Waals surface area (Å²) in [5.41, 5.74) is 0. The molecule has 0 radical (unpaired) electrons. The smallest absolute Gasteiger partial charge is 0.0346 e. The number of hydrogen-bond acceptors (Lipinski definition) is 1. The van der Waals surface area contributed by atoms with Crippen LogP contribution < -0.4 is 0 Å². The molecule has 0 aliphatic carbocycles. The number of pyridine rings is 1. The van der Waals surface area contributed by atoms with E-state index >= 15 is 0 Å². The highest BCUT2D eigenvalue weighted by atomic mass is 14.6. The molecule has 0 saturated heterocycles. The number of hydrogen-bond donors (Lipinski definition) is 0. The lowest BCUT2D eigenvalue weighted by molar-refractivity contribution is 1.36. The van der Waals surface area contributed by atoms with Gasteiger partial charge in [-0.3, -0.25) is 4.98 Å². The molecule has 1 nitrogen and oxygen atoms in total. The lowest BCUT2D eigenvalue weighted by atomic mass is 10.2. The molecule has 1 aromatic heterocycles. The fraction of sp³-hybridized carbons (Fsp3) is 0.214. The second-order valence-corrected chi connectivity index (χ2v) is 2.63. The number of allylic oxidation sites excluding steroid dienone is 1. The summed E-state index contributed by atoms with van der Waals surface area (Å²) in [5.74, 6) is 0. The molecule has 0 atom stereocenters. The van der Waals surface area contributed by atoms with Gasteiger partial charge in [-0.2, -0.15) is 0 Å². The van der Waals surface area contributed by atoms with E-state index in [1.807, 2.05) is 51.4 Å². The summed E-state index contributed by atoms with van der Waals surface area (Å²) in [5, 5.41) is 2.45. The summed E-state index contributed by atoms with van der Waals surface area (Å²) in [6, 6.07) is 10.2. The maximum absolute atomic E-state index is 4.01. The van der Waals surface area contributed by atoms with E-state index in [1.165, 1.54) is 10.8 Å². The third kappa shape index (κ3) is 4.96. The minimum absolute atomic E-state index is 1.20. The quantitative estimate of drug-likeness (QED) is 0.574. The van der Waals surface area contributed by atoms with Crippen LogP contribution in [0.3, 0.4) is 0 Å². The van der Waals surface area contributed by atoms with E-state index in [4.69, 9.17) is 0 Å². The van der Waals surface area contributed by atoms with Gasteiger partial charge >= 0.3 is 0 Å². The second-order valence-electron chi connectivity index (χ2n) is 2.63. The van der Waals surface area contributed by atoms with E-state index in [2.05, 4.69) is 23.7 Å². The summed E-state index contributed by atoms with van der Waals surface area (Å²) in [6.07, 6.45) is 5.43. The maximum atomic E-state index is 4.01. The van der Waals surface area contributed by atoms with Gasteiger partial charge in [-0.1, -0.05) is 44.2 Å². The average Bonchev–Trinajstić information content (AvgIpc) is 2.33. The highest BCUT2D eigenvalue weighted by Crippen LogP contribution is 2.09. The van der Waals surface area contributed by atoms with Gasteiger partial charge in [0, 0.05) is 12.4 Å². The zero-order chi connectivity index (χ0) is 11.5. The standard InChI is InChI=1S/C9H7N.C3H6.C2H6/c1-2-4-9-7-10-6-5-8(9)3-1;1-3-2;1-2/h1-7H;3H,1H2,2H3;1-2H3. The number of nitrogens with zero attached hydrogens (tertiary/aromatic N) is 1. The maximum Gasteiger partial charge on any atom is 0.0346 e. The van der Waals surface area contributed by atoms with Crippen molar-refractivity contribution in [2.24, 2.45) is 0 Å². The molecule has 0 amide bonds. The van der Waals surface area contributed by atoms with Crippen LogP contribution in [0, 0.1) is 0 Å². The van der Waals surface area contributed by atoms with Crippen molar-refractivity contribution in [3.63, 3.8) is 0 Å². The second kappa shape index (κ2) is 8.95. The van der Waals surface area contributed by atoms with Crippen molar-refractivity contribution >= 4 is 10.8 Å². The number of rotatable bonds is 0. The number of benzene rings is 1. The summed E-state index contributed by atoms with van der Waals surface area (Å²) in [6.45, 7) is 9.25. The third-order valence-electron chi connectivity index (χ3n) is 1.55. The third-order valence-corrected chi connectivity index (χ3v) is 1.55. The number of fused-ring (bicyclic) bond motifs is 1. The molecule has 0 N–H and O–H groups in total. The van der Waals surface area contributed by atoms with Crippen molar-refractivity contribution in [3.05, 3.63) is 55.4 Å². The first-order valence-corrected chi connectivity index (χ1v) is 5.24. The molecule has 1 heterocycles. The predicted octanol–water partition coefficient (Wildman–Crippen LogP) is 4.45. The Labute approximate surface area is 92.5 Å². The molecule has 0 spiro atoms. The minimum atomic E-state index is 1.20. The zero-order valence-electron chi connectivity index (χ0n) is 9.77. The monoisotopic (exact) mass is 201 g/mol. The average molecular weight is 201 g/mol. The van der Waals surface area contributed by atoms with Crippen molar-refractivity contribution in [2.75, 3.05) is 0 Å². The highest BCUT2D eigenvalue weighted by Gasteiger charge is 1.86. The van der Waals surface area contributed by atoms with E-state index < -0.39 is 0 Å². The fourth-order valence-corrected chi connectivity index (χ4v) is 1.03. The molecule has 0 bridgehead atoms. The Balaban J connectivity index is 0.000000342. The molecule has 0 saturated carbocycles. The van der Waals surface area contributed by atoms with Crippen LogP contribution >= 0.6 is 0 Å². The Morgan fingerprint density at radius 2 is 1.60 bits per heavy atom. The SMILES string of the molecule is C=CC.CC.c1ccc2cnccc2c1. The largest absolute Gasteiger partial charge is 0.264 e. The van der Waals surface area contributed by atoms with Crippen LogP contribution in [0.5, 0.6) is 0 Å². The number of aromatic nitrogens is 1. The van der Waals surface area contributed by atoms with Crippen LogP contribution in [0.1, 0.15) is 20.8 Å². The Kier molecular flexibility index (Phi) is 7.97. The molecule has 2 aromatic rings. The molecule has 1 heteroatoms. The van der Waals surface area contributed by atoms with Crippen LogP contribution in [0.25, 0.3) is 10.8 Å². The summed E-state index contributed by atoms with van der Waals surface area (Å²) in [7, 11) is 0. The zero-order valence-corrected chi connectivity index (χ0v) is 9.77. The Bertz CT molecular complexity index is 314. The van der Waals surface area contributed by atoms with Gasteiger partial charge in [0.05, 0.1) is 0 Å². The van der Waals surface area contributed by atoms with Crippen LogP contribution in [0.4, 0.5) is 0 Å². The molecule has 80 valence electrons. The predicted molar refractivity (Wildman–Crippen MR) is 69.0 cm³/mol. The van der Waals surface area contributed by atoms with Gasteiger partial charge in [0.25, 0.3) is 0 Å².